The molecule has 0 unspecified atom stereocenters. The van der Waals surface area contributed by atoms with Gasteiger partial charge in [-0.05, 0) is 35.7 Å². The van der Waals surface area contributed by atoms with Gasteiger partial charge < -0.3 is 9.88 Å². The Bertz CT molecular complexity index is 1190. The molecule has 0 bridgehead atoms. The predicted molar refractivity (Wildman–Crippen MR) is 112 cm³/mol. The van der Waals surface area contributed by atoms with Crippen molar-refractivity contribution in [2.75, 3.05) is 0 Å². The lowest BCUT2D eigenvalue weighted by molar-refractivity contribution is 0.0727. The fourth-order valence-corrected chi connectivity index (χ4v) is 3.92. The van der Waals surface area contributed by atoms with Crippen molar-refractivity contribution in [2.45, 2.75) is 13.1 Å². The average molecular weight is 410 g/mol. The lowest BCUT2D eigenvalue weighted by Gasteiger charge is -2.22. The summed E-state index contributed by atoms with van der Waals surface area (Å²) in [6, 6.07) is 18.0. The Labute approximate surface area is 170 Å². The molecule has 0 aliphatic heterocycles. The third kappa shape index (κ3) is 3.83. The van der Waals surface area contributed by atoms with Gasteiger partial charge in [0.2, 0.25) is 0 Å². The van der Waals surface area contributed by atoms with Crippen molar-refractivity contribution in [3.8, 4) is 0 Å². The summed E-state index contributed by atoms with van der Waals surface area (Å²) in [6.07, 6.45) is 0. The Morgan fingerprint density at radius 3 is 2.61 bits per heavy atom. The van der Waals surface area contributed by atoms with Gasteiger partial charge in [-0.15, -0.1) is 11.3 Å². The van der Waals surface area contributed by atoms with Crippen molar-refractivity contribution in [2.24, 2.45) is 0 Å². The summed E-state index contributed by atoms with van der Waals surface area (Å²) in [5.41, 5.74) is 0.799. The van der Waals surface area contributed by atoms with Crippen molar-refractivity contribution >= 4 is 39.7 Å². The van der Waals surface area contributed by atoms with Gasteiger partial charge in [-0.1, -0.05) is 41.9 Å². The molecule has 7 heteroatoms. The lowest BCUT2D eigenvalue weighted by Crippen LogP contribution is -2.31. The molecule has 0 fully saturated rings. The lowest BCUT2D eigenvalue weighted by atomic mass is 10.2. The second kappa shape index (κ2) is 7.96. The average Bonchev–Trinajstić information content (AvgIpc) is 3.21. The van der Waals surface area contributed by atoms with Crippen molar-refractivity contribution in [3.63, 3.8) is 0 Å². The van der Waals surface area contributed by atoms with E-state index in [1.165, 1.54) is 0 Å². The summed E-state index contributed by atoms with van der Waals surface area (Å²) < 4.78 is 0. The van der Waals surface area contributed by atoms with Crippen LogP contribution in [0.2, 0.25) is 5.02 Å². The number of carbonyl (C=O) groups is 1. The van der Waals surface area contributed by atoms with E-state index in [0.29, 0.717) is 33.9 Å². The number of carbonyl (C=O) groups excluding carboxylic acids is 1. The highest BCUT2D eigenvalue weighted by atomic mass is 35.5. The first-order valence-electron chi connectivity index (χ1n) is 8.66. The molecular weight excluding hydrogens is 394 g/mol. The molecule has 0 aliphatic rings. The van der Waals surface area contributed by atoms with Crippen molar-refractivity contribution in [1.82, 2.24) is 14.9 Å². The molecule has 0 spiro atoms. The fourth-order valence-electron chi connectivity index (χ4n) is 2.99. The quantitative estimate of drug-likeness (QED) is 0.528. The maximum atomic E-state index is 13.2. The Hall–Kier alpha value is -2.96. The maximum absolute atomic E-state index is 13.2. The van der Waals surface area contributed by atoms with E-state index in [2.05, 4.69) is 9.97 Å². The minimum Gasteiger partial charge on any atom is -0.326 e. The van der Waals surface area contributed by atoms with Crippen LogP contribution in [-0.2, 0) is 13.1 Å². The molecule has 2 heterocycles. The number of para-hydroxylation sites is 1. The zero-order valence-corrected chi connectivity index (χ0v) is 16.3. The number of nitrogens with one attached hydrogen (secondary N) is 1. The smallest absolute Gasteiger partial charge is 0.258 e. The summed E-state index contributed by atoms with van der Waals surface area (Å²) in [4.78, 5) is 35.5. The number of H-pyrrole nitrogens is 1. The number of nitrogens with zero attached hydrogens (tertiary/aromatic N) is 2. The van der Waals surface area contributed by atoms with Crippen molar-refractivity contribution in [1.29, 1.82) is 0 Å². The number of fused-ring (bicyclic) bond motifs is 1. The van der Waals surface area contributed by atoms with Crippen LogP contribution in [0.25, 0.3) is 10.9 Å². The van der Waals surface area contributed by atoms with Gasteiger partial charge in [-0.25, -0.2) is 4.98 Å². The Morgan fingerprint density at radius 2 is 1.82 bits per heavy atom. The normalized spacial score (nSPS) is 10.9. The largest absolute Gasteiger partial charge is 0.326 e. The number of halogens is 1. The molecule has 0 aliphatic carbocycles. The minimum absolute atomic E-state index is 0.169. The third-order valence-corrected chi connectivity index (χ3v) is 5.51. The van der Waals surface area contributed by atoms with Crippen LogP contribution in [0, 0.1) is 0 Å². The van der Waals surface area contributed by atoms with Crippen LogP contribution in [0.3, 0.4) is 0 Å². The second-order valence-electron chi connectivity index (χ2n) is 6.25. The van der Waals surface area contributed by atoms with E-state index in [1.54, 1.807) is 58.7 Å². The molecule has 2 aromatic heterocycles. The van der Waals surface area contributed by atoms with Crippen LogP contribution < -0.4 is 5.56 Å². The number of hydrogen-bond acceptors (Lipinski definition) is 4. The standard InChI is InChI=1S/C21H16ClN3O2S/c22-17-9-3-1-7-15(17)21(27)25(12-14-6-5-11-28-14)13-19-23-18-10-4-2-8-16(18)20(26)24-19/h1-11H,12-13H2,(H,23,24,26). The van der Waals surface area contributed by atoms with Crippen LogP contribution in [0.1, 0.15) is 21.1 Å². The van der Waals surface area contributed by atoms with Gasteiger partial charge in [-0.2, -0.15) is 0 Å². The fraction of sp³-hybridized carbons (Fsp3) is 0.0952. The second-order valence-corrected chi connectivity index (χ2v) is 7.69. The first-order chi connectivity index (χ1) is 13.6. The molecule has 0 atom stereocenters. The molecule has 0 saturated heterocycles. The number of aromatic nitrogens is 2. The summed E-state index contributed by atoms with van der Waals surface area (Å²) in [5.74, 6) is 0.218. The zero-order chi connectivity index (χ0) is 19.5. The first-order valence-corrected chi connectivity index (χ1v) is 9.92. The van der Waals surface area contributed by atoms with E-state index in [4.69, 9.17) is 11.6 Å². The Morgan fingerprint density at radius 1 is 1.04 bits per heavy atom. The van der Waals surface area contributed by atoms with E-state index < -0.39 is 0 Å². The van der Waals surface area contributed by atoms with Gasteiger partial charge in [0.1, 0.15) is 5.82 Å². The molecule has 0 saturated carbocycles. The molecule has 0 radical (unpaired) electrons. The van der Waals surface area contributed by atoms with Crippen molar-refractivity contribution in [3.05, 3.63) is 97.7 Å². The van der Waals surface area contributed by atoms with Gasteiger partial charge in [0.05, 0.1) is 34.6 Å². The molecule has 4 rings (SSSR count). The highest BCUT2D eigenvalue weighted by Crippen LogP contribution is 2.21. The Kier molecular flexibility index (Phi) is 5.23. The summed E-state index contributed by atoms with van der Waals surface area (Å²) in [5, 5.41) is 2.88. The highest BCUT2D eigenvalue weighted by Gasteiger charge is 2.20. The van der Waals surface area contributed by atoms with Crippen LogP contribution in [0.5, 0.6) is 0 Å². The van der Waals surface area contributed by atoms with Gasteiger partial charge in [0, 0.05) is 4.88 Å². The minimum atomic E-state index is -0.220. The number of thiophene rings is 1. The molecule has 28 heavy (non-hydrogen) atoms. The van der Waals surface area contributed by atoms with Crippen LogP contribution in [-0.4, -0.2) is 20.8 Å². The topological polar surface area (TPSA) is 66.1 Å². The summed E-state index contributed by atoms with van der Waals surface area (Å²) >= 11 is 7.80. The highest BCUT2D eigenvalue weighted by molar-refractivity contribution is 7.09. The zero-order valence-electron chi connectivity index (χ0n) is 14.8. The van der Waals surface area contributed by atoms with E-state index in [1.807, 2.05) is 23.6 Å². The summed E-state index contributed by atoms with van der Waals surface area (Å²) in [7, 11) is 0. The van der Waals surface area contributed by atoms with E-state index in [9.17, 15) is 9.59 Å². The van der Waals surface area contributed by atoms with Crippen LogP contribution >= 0.6 is 22.9 Å². The predicted octanol–water partition coefficient (Wildman–Crippen LogP) is 4.48. The molecule has 4 aromatic rings. The number of aromatic amines is 1. The molecule has 2 aromatic carbocycles. The number of hydrogen-bond donors (Lipinski definition) is 1. The Balaban J connectivity index is 1.71. The summed E-state index contributed by atoms with van der Waals surface area (Å²) in [6.45, 7) is 0.570. The molecular formula is C21H16ClN3O2S. The molecule has 140 valence electrons. The van der Waals surface area contributed by atoms with Gasteiger partial charge in [-0.3, -0.25) is 9.59 Å². The third-order valence-electron chi connectivity index (χ3n) is 4.32. The number of amides is 1. The number of rotatable bonds is 5. The first kappa shape index (κ1) is 18.4. The van der Waals surface area contributed by atoms with Gasteiger partial charge in [0.25, 0.3) is 11.5 Å². The molecule has 5 nitrogen and oxygen atoms in total. The monoisotopic (exact) mass is 409 g/mol. The maximum Gasteiger partial charge on any atom is 0.258 e. The number of benzene rings is 2. The van der Waals surface area contributed by atoms with E-state index >= 15 is 0 Å². The van der Waals surface area contributed by atoms with Gasteiger partial charge in [0.15, 0.2) is 0 Å². The van der Waals surface area contributed by atoms with E-state index in [-0.39, 0.29) is 18.0 Å². The van der Waals surface area contributed by atoms with E-state index in [0.717, 1.165) is 4.88 Å². The van der Waals surface area contributed by atoms with Crippen LogP contribution in [0.15, 0.2) is 70.8 Å². The molecule has 1 amide bonds. The SMILES string of the molecule is O=C(c1ccccc1Cl)N(Cc1nc2ccccc2c(=O)[nH]1)Cc1cccs1. The van der Waals surface area contributed by atoms with Gasteiger partial charge >= 0.3 is 0 Å². The van der Waals surface area contributed by atoms with Crippen molar-refractivity contribution < 1.29 is 4.79 Å². The van der Waals surface area contributed by atoms with Crippen LogP contribution in [0.4, 0.5) is 0 Å². The molecule has 1 N–H and O–H groups in total.